The van der Waals surface area contributed by atoms with Crippen LogP contribution in [0.1, 0.15) is 5.56 Å². The SMILES string of the molecule is COc1ccc(C)cc1NC(=O)CNC(=O)CNc1ccccc1Oc1ncc(Cl)cc1Cl. The number of ether oxygens (including phenoxy) is 2. The molecule has 172 valence electrons. The number of carbonyl (C=O) groups excluding carboxylic acids is 2. The summed E-state index contributed by atoms with van der Waals surface area (Å²) in [5, 5.41) is 8.92. The van der Waals surface area contributed by atoms with Crippen LogP contribution < -0.4 is 25.4 Å². The quantitative estimate of drug-likeness (QED) is 0.404. The Morgan fingerprint density at radius 2 is 1.76 bits per heavy atom. The monoisotopic (exact) mass is 488 g/mol. The number of methoxy groups -OCH3 is 1. The van der Waals surface area contributed by atoms with Crippen LogP contribution in [0.5, 0.6) is 17.4 Å². The van der Waals surface area contributed by atoms with E-state index in [1.54, 1.807) is 36.4 Å². The van der Waals surface area contributed by atoms with Gasteiger partial charge in [-0.2, -0.15) is 0 Å². The van der Waals surface area contributed by atoms with Gasteiger partial charge < -0.3 is 25.4 Å². The third kappa shape index (κ3) is 7.00. The Hall–Kier alpha value is -3.49. The lowest BCUT2D eigenvalue weighted by atomic mass is 10.2. The Balaban J connectivity index is 1.53. The van der Waals surface area contributed by atoms with E-state index in [9.17, 15) is 9.59 Å². The molecule has 0 aliphatic heterocycles. The summed E-state index contributed by atoms with van der Waals surface area (Å²) in [7, 11) is 1.52. The number of pyridine rings is 1. The summed E-state index contributed by atoms with van der Waals surface area (Å²) in [5.74, 6) is 0.390. The smallest absolute Gasteiger partial charge is 0.243 e. The van der Waals surface area contributed by atoms with Crippen LogP contribution >= 0.6 is 23.2 Å². The molecule has 0 saturated carbocycles. The molecule has 0 spiro atoms. The number of hydrogen-bond acceptors (Lipinski definition) is 6. The number of halogens is 2. The predicted molar refractivity (Wildman–Crippen MR) is 129 cm³/mol. The molecule has 0 atom stereocenters. The van der Waals surface area contributed by atoms with Gasteiger partial charge in [0.15, 0.2) is 5.75 Å². The fourth-order valence-corrected chi connectivity index (χ4v) is 3.23. The molecule has 0 aliphatic rings. The van der Waals surface area contributed by atoms with Gasteiger partial charge in [0.2, 0.25) is 17.7 Å². The third-order valence-corrected chi connectivity index (χ3v) is 4.86. The highest BCUT2D eigenvalue weighted by Gasteiger charge is 2.12. The average molecular weight is 489 g/mol. The highest BCUT2D eigenvalue weighted by Crippen LogP contribution is 2.33. The Labute approximate surface area is 201 Å². The van der Waals surface area contributed by atoms with E-state index in [-0.39, 0.29) is 35.8 Å². The number of aromatic nitrogens is 1. The van der Waals surface area contributed by atoms with Gasteiger partial charge in [-0.25, -0.2) is 4.98 Å². The Morgan fingerprint density at radius 3 is 2.52 bits per heavy atom. The standard InChI is InChI=1S/C23H22Cl2N4O4/c1-14-7-8-19(32-2)18(9-14)29-22(31)13-27-21(30)12-26-17-5-3-4-6-20(17)33-23-16(25)10-15(24)11-28-23/h3-11,26H,12-13H2,1-2H3,(H,27,30)(H,29,31). The molecule has 8 nitrogen and oxygen atoms in total. The molecule has 0 aliphatic carbocycles. The molecule has 0 fully saturated rings. The molecule has 1 aromatic heterocycles. The van der Waals surface area contributed by atoms with Gasteiger partial charge in [0.1, 0.15) is 10.8 Å². The van der Waals surface area contributed by atoms with Crippen LogP contribution in [-0.2, 0) is 9.59 Å². The van der Waals surface area contributed by atoms with Crippen molar-refractivity contribution in [3.8, 4) is 17.4 Å². The van der Waals surface area contributed by atoms with Crippen molar-refractivity contribution in [2.24, 2.45) is 0 Å². The number of amides is 2. The lowest BCUT2D eigenvalue weighted by Crippen LogP contribution is -2.36. The van der Waals surface area contributed by atoms with E-state index in [0.29, 0.717) is 27.9 Å². The van der Waals surface area contributed by atoms with Crippen molar-refractivity contribution in [3.05, 3.63) is 70.3 Å². The molecule has 3 N–H and O–H groups in total. The average Bonchev–Trinajstić information content (AvgIpc) is 2.79. The predicted octanol–water partition coefficient (Wildman–Crippen LogP) is 4.66. The molecule has 2 amide bonds. The first-order valence-electron chi connectivity index (χ1n) is 9.88. The minimum atomic E-state index is -0.376. The van der Waals surface area contributed by atoms with Crippen LogP contribution in [0.25, 0.3) is 0 Å². The van der Waals surface area contributed by atoms with Gasteiger partial charge in [0.05, 0.1) is 36.6 Å². The molecule has 2 aromatic carbocycles. The Kier molecular flexibility index (Phi) is 8.34. The number of aryl methyl sites for hydroxylation is 1. The second kappa shape index (κ2) is 11.4. The summed E-state index contributed by atoms with van der Waals surface area (Å²) in [6.07, 6.45) is 1.42. The Bertz CT molecular complexity index is 1160. The number of rotatable bonds is 9. The number of para-hydroxylation sites is 2. The summed E-state index contributed by atoms with van der Waals surface area (Å²) in [6.45, 7) is 1.63. The largest absolute Gasteiger partial charge is 0.495 e. The van der Waals surface area contributed by atoms with Gasteiger partial charge in [-0.15, -0.1) is 0 Å². The van der Waals surface area contributed by atoms with Crippen LogP contribution in [0, 0.1) is 6.92 Å². The maximum Gasteiger partial charge on any atom is 0.243 e. The summed E-state index contributed by atoms with van der Waals surface area (Å²) < 4.78 is 11.0. The normalized spacial score (nSPS) is 10.3. The van der Waals surface area contributed by atoms with Crippen LogP contribution in [-0.4, -0.2) is 37.0 Å². The number of nitrogens with one attached hydrogen (secondary N) is 3. The highest BCUT2D eigenvalue weighted by atomic mass is 35.5. The lowest BCUT2D eigenvalue weighted by molar-refractivity contribution is -0.122. The van der Waals surface area contributed by atoms with Crippen LogP contribution in [0.4, 0.5) is 11.4 Å². The molecule has 0 bridgehead atoms. The van der Waals surface area contributed by atoms with Crippen LogP contribution in [0.3, 0.4) is 0 Å². The molecule has 0 saturated heterocycles. The van der Waals surface area contributed by atoms with E-state index in [1.165, 1.54) is 19.4 Å². The number of carbonyl (C=O) groups is 2. The van der Waals surface area contributed by atoms with Crippen molar-refractivity contribution in [3.63, 3.8) is 0 Å². The van der Waals surface area contributed by atoms with Crippen LogP contribution in [0.15, 0.2) is 54.7 Å². The van der Waals surface area contributed by atoms with Crippen molar-refractivity contribution >= 4 is 46.4 Å². The van der Waals surface area contributed by atoms with E-state index < -0.39 is 0 Å². The minimum absolute atomic E-state index is 0.0802. The molecular weight excluding hydrogens is 467 g/mol. The molecule has 0 unspecified atom stereocenters. The molecular formula is C23H22Cl2N4O4. The lowest BCUT2D eigenvalue weighted by Gasteiger charge is -2.14. The number of benzene rings is 2. The zero-order chi connectivity index (χ0) is 23.8. The molecule has 3 aromatic rings. The van der Waals surface area contributed by atoms with Gasteiger partial charge in [0.25, 0.3) is 0 Å². The summed E-state index contributed by atoms with van der Waals surface area (Å²) >= 11 is 12.0. The fraction of sp³-hybridized carbons (Fsp3) is 0.174. The van der Waals surface area contributed by atoms with Gasteiger partial charge in [-0.3, -0.25) is 9.59 Å². The van der Waals surface area contributed by atoms with Crippen molar-refractivity contribution in [2.45, 2.75) is 6.92 Å². The number of hydrogen-bond donors (Lipinski definition) is 3. The van der Waals surface area contributed by atoms with E-state index in [2.05, 4.69) is 20.9 Å². The second-order valence-corrected chi connectivity index (χ2v) is 7.76. The first kappa shape index (κ1) is 24.2. The van der Waals surface area contributed by atoms with Gasteiger partial charge in [0, 0.05) is 6.20 Å². The maximum absolute atomic E-state index is 12.2. The summed E-state index contributed by atoms with van der Waals surface area (Å²) in [6, 6.07) is 13.9. The molecule has 33 heavy (non-hydrogen) atoms. The molecule has 3 rings (SSSR count). The Morgan fingerprint density at radius 1 is 0.970 bits per heavy atom. The van der Waals surface area contributed by atoms with Crippen LogP contribution in [0.2, 0.25) is 10.0 Å². The van der Waals surface area contributed by atoms with Crippen molar-refractivity contribution < 1.29 is 19.1 Å². The van der Waals surface area contributed by atoms with Crippen molar-refractivity contribution in [2.75, 3.05) is 30.8 Å². The third-order valence-electron chi connectivity index (χ3n) is 4.38. The van der Waals surface area contributed by atoms with Crippen molar-refractivity contribution in [1.29, 1.82) is 0 Å². The first-order valence-corrected chi connectivity index (χ1v) is 10.6. The minimum Gasteiger partial charge on any atom is -0.495 e. The number of nitrogens with zero attached hydrogens (tertiary/aromatic N) is 1. The zero-order valence-electron chi connectivity index (χ0n) is 17.9. The van der Waals surface area contributed by atoms with E-state index in [0.717, 1.165) is 5.56 Å². The summed E-state index contributed by atoms with van der Waals surface area (Å²) in [5.41, 5.74) is 2.06. The van der Waals surface area contributed by atoms with E-state index in [4.69, 9.17) is 32.7 Å². The fourth-order valence-electron chi connectivity index (χ4n) is 2.81. The topological polar surface area (TPSA) is 102 Å². The van der Waals surface area contributed by atoms with Gasteiger partial charge in [-0.05, 0) is 42.8 Å². The van der Waals surface area contributed by atoms with Gasteiger partial charge in [-0.1, -0.05) is 41.4 Å². The molecule has 1 heterocycles. The highest BCUT2D eigenvalue weighted by molar-refractivity contribution is 6.35. The van der Waals surface area contributed by atoms with Gasteiger partial charge >= 0.3 is 0 Å². The first-order chi connectivity index (χ1) is 15.9. The molecule has 10 heteroatoms. The van der Waals surface area contributed by atoms with Crippen molar-refractivity contribution in [1.82, 2.24) is 10.3 Å². The van der Waals surface area contributed by atoms with E-state index >= 15 is 0 Å². The zero-order valence-corrected chi connectivity index (χ0v) is 19.5. The second-order valence-electron chi connectivity index (χ2n) is 6.92. The molecule has 0 radical (unpaired) electrons. The summed E-state index contributed by atoms with van der Waals surface area (Å²) in [4.78, 5) is 28.5. The van der Waals surface area contributed by atoms with E-state index in [1.807, 2.05) is 13.0 Å². The maximum atomic E-state index is 12.2. The number of anilines is 2.